The Kier molecular flexibility index (Phi) is 21.3. The van der Waals surface area contributed by atoms with E-state index < -0.39 is 33.7 Å². The second-order valence-electron chi connectivity index (χ2n) is 14.1. The topological polar surface area (TPSA) is 290 Å². The molecule has 0 saturated carbocycles. The molecule has 0 unspecified atom stereocenters. The molecule has 24 heteroatoms. The van der Waals surface area contributed by atoms with Gasteiger partial charge in [-0.25, -0.2) is 9.59 Å². The van der Waals surface area contributed by atoms with Crippen molar-refractivity contribution in [3.8, 4) is 11.5 Å². The summed E-state index contributed by atoms with van der Waals surface area (Å²) in [6.45, 7) is 2.88. The normalized spacial score (nSPS) is 10.8. The number of nitro benzene ring substituents is 2. The molecular weight excluding hydrogens is 897 g/mol. The Labute approximate surface area is 387 Å². The van der Waals surface area contributed by atoms with Crippen LogP contribution in [0.3, 0.4) is 0 Å². The van der Waals surface area contributed by atoms with E-state index in [2.05, 4.69) is 20.6 Å². The van der Waals surface area contributed by atoms with E-state index in [1.165, 1.54) is 48.5 Å². The van der Waals surface area contributed by atoms with Crippen LogP contribution in [-0.4, -0.2) is 117 Å². The molecule has 68 heavy (non-hydrogen) atoms. The van der Waals surface area contributed by atoms with Gasteiger partial charge in [-0.15, -0.1) is 10.2 Å². The van der Waals surface area contributed by atoms with Gasteiger partial charge in [-0.2, -0.15) is 0 Å². The average Bonchev–Trinajstić information content (AvgIpc) is 3.94. The number of ether oxygens (including phenoxy) is 6. The van der Waals surface area contributed by atoms with E-state index in [1.807, 2.05) is 24.3 Å². The Morgan fingerprint density at radius 1 is 0.441 bits per heavy atom. The van der Waals surface area contributed by atoms with E-state index in [1.54, 1.807) is 24.3 Å². The summed E-state index contributed by atoms with van der Waals surface area (Å²) in [5, 5.41) is 36.6. The maximum absolute atomic E-state index is 11.9. The number of esters is 2. The Hall–Kier alpha value is -7.80. The Morgan fingerprint density at radius 3 is 1.10 bits per heavy atom. The molecule has 0 aliphatic carbocycles. The zero-order valence-corrected chi connectivity index (χ0v) is 36.7. The first kappa shape index (κ1) is 51.2. The fourth-order valence-electron chi connectivity index (χ4n) is 5.67. The molecule has 0 bridgehead atoms. The molecule has 0 radical (unpaired) electrons. The quantitative estimate of drug-likeness (QED) is 0.0156. The zero-order valence-electron chi connectivity index (χ0n) is 36.7. The van der Waals surface area contributed by atoms with Gasteiger partial charge in [0.15, 0.2) is 0 Å². The van der Waals surface area contributed by atoms with Crippen LogP contribution in [0.15, 0.2) is 97.1 Å². The van der Waals surface area contributed by atoms with E-state index in [4.69, 9.17) is 38.1 Å². The van der Waals surface area contributed by atoms with Gasteiger partial charge in [0, 0.05) is 63.5 Å². The first-order chi connectivity index (χ1) is 33.0. The van der Waals surface area contributed by atoms with Gasteiger partial charge in [0.05, 0.1) is 49.1 Å². The molecule has 2 aromatic heterocycles. The lowest BCUT2D eigenvalue weighted by molar-refractivity contribution is -0.385. The molecule has 0 atom stereocenters. The maximum Gasteiger partial charge on any atom is 0.335 e. The Balaban J connectivity index is 0.000000254. The molecule has 360 valence electrons. The minimum Gasteiger partial charge on any atom is -0.427 e. The van der Waals surface area contributed by atoms with Crippen molar-refractivity contribution in [3.63, 3.8) is 0 Å². The number of nitro groups is 2. The molecule has 0 amide bonds. The number of fused-ring (bicyclic) bond motifs is 2. The van der Waals surface area contributed by atoms with E-state index in [0.717, 1.165) is 9.69 Å². The van der Waals surface area contributed by atoms with Crippen LogP contribution in [0, 0.1) is 20.2 Å². The second kappa shape index (κ2) is 28.3. The van der Waals surface area contributed by atoms with Gasteiger partial charge in [0.2, 0.25) is 0 Å². The number of carbonyl (C=O) groups is 4. The summed E-state index contributed by atoms with van der Waals surface area (Å²) in [5.41, 5.74) is 2.39. The van der Waals surface area contributed by atoms with Crippen LogP contribution in [0.2, 0.25) is 0 Å². The molecule has 4 aromatic carbocycles. The SMILES string of the molecule is O=C(CCCOCCOCCCC(=O)Oc1ccc([N+](=O)[O-])cc1)Oc1ccc([N+](=O)[O-])cc1.O=C(CCCOCCOCCCC(=O)On1nnc2ccccc21)On1nnc2ccccc21. The fourth-order valence-corrected chi connectivity index (χ4v) is 5.67. The molecule has 0 fully saturated rings. The van der Waals surface area contributed by atoms with E-state index in [0.29, 0.717) is 101 Å². The summed E-state index contributed by atoms with van der Waals surface area (Å²) < 4.78 is 31.8. The van der Waals surface area contributed by atoms with Crippen molar-refractivity contribution < 1.29 is 67.1 Å². The molecule has 0 N–H and O–H groups in total. The van der Waals surface area contributed by atoms with Crippen molar-refractivity contribution in [2.24, 2.45) is 0 Å². The predicted molar refractivity (Wildman–Crippen MR) is 236 cm³/mol. The molecule has 0 saturated heterocycles. The third-order valence-electron chi connectivity index (χ3n) is 9.00. The van der Waals surface area contributed by atoms with Crippen LogP contribution in [0.25, 0.3) is 22.1 Å². The summed E-state index contributed by atoms with van der Waals surface area (Å²) in [6, 6.07) is 24.9. The number of rotatable bonds is 28. The van der Waals surface area contributed by atoms with Crippen molar-refractivity contribution in [2.45, 2.75) is 51.4 Å². The van der Waals surface area contributed by atoms with Gasteiger partial charge in [-0.05, 0) is 84.6 Å². The van der Waals surface area contributed by atoms with Crippen molar-refractivity contribution in [1.82, 2.24) is 30.3 Å². The fraction of sp³-hybridized carbons (Fsp3) is 0.364. The van der Waals surface area contributed by atoms with E-state index in [-0.39, 0.29) is 48.6 Å². The minimum atomic E-state index is -0.537. The molecule has 24 nitrogen and oxygen atoms in total. The number of hydrogen-bond donors (Lipinski definition) is 0. The third-order valence-corrected chi connectivity index (χ3v) is 9.00. The molecule has 6 aromatic rings. The van der Waals surface area contributed by atoms with Crippen LogP contribution >= 0.6 is 0 Å². The highest BCUT2D eigenvalue weighted by Gasteiger charge is 2.13. The van der Waals surface area contributed by atoms with Gasteiger partial charge in [-0.3, -0.25) is 29.8 Å². The molecule has 0 aliphatic rings. The first-order valence-corrected chi connectivity index (χ1v) is 21.3. The van der Waals surface area contributed by atoms with Gasteiger partial charge in [-0.1, -0.05) is 34.0 Å². The summed E-state index contributed by atoms with van der Waals surface area (Å²) in [7, 11) is 0. The predicted octanol–water partition coefficient (Wildman–Crippen LogP) is 4.99. The number of nitrogens with zero attached hydrogens (tertiary/aromatic N) is 8. The van der Waals surface area contributed by atoms with Crippen LogP contribution in [-0.2, 0) is 38.1 Å². The Morgan fingerprint density at radius 2 is 0.765 bits per heavy atom. The van der Waals surface area contributed by atoms with Crippen LogP contribution < -0.4 is 19.1 Å². The summed E-state index contributed by atoms with van der Waals surface area (Å²) >= 11 is 0. The molecule has 6 rings (SSSR count). The molecule has 2 heterocycles. The number of carbonyl (C=O) groups excluding carboxylic acids is 4. The molecule has 0 aliphatic heterocycles. The first-order valence-electron chi connectivity index (χ1n) is 21.3. The van der Waals surface area contributed by atoms with E-state index >= 15 is 0 Å². The Bertz CT molecular complexity index is 2370. The highest BCUT2D eigenvalue weighted by Crippen LogP contribution is 2.19. The number of hydrogen-bond acceptors (Lipinski definition) is 20. The molecule has 0 spiro atoms. The van der Waals surface area contributed by atoms with Crippen molar-refractivity contribution in [1.29, 1.82) is 0 Å². The lowest BCUT2D eigenvalue weighted by Crippen LogP contribution is -2.21. The minimum absolute atomic E-state index is 0.0856. The number of para-hydroxylation sites is 2. The van der Waals surface area contributed by atoms with E-state index in [9.17, 15) is 39.4 Å². The monoisotopic (exact) mass is 944 g/mol. The lowest BCUT2D eigenvalue weighted by atomic mass is 10.3. The van der Waals surface area contributed by atoms with Gasteiger partial charge < -0.3 is 38.1 Å². The number of aromatic nitrogens is 6. The maximum atomic E-state index is 11.9. The zero-order chi connectivity index (χ0) is 48.4. The highest BCUT2D eigenvalue weighted by molar-refractivity contribution is 5.77. The molecular formula is C44H48N8O16. The van der Waals surface area contributed by atoms with Gasteiger partial charge in [0.1, 0.15) is 33.6 Å². The van der Waals surface area contributed by atoms with Gasteiger partial charge in [0.25, 0.3) is 11.4 Å². The second-order valence-corrected chi connectivity index (χ2v) is 14.1. The average molecular weight is 945 g/mol. The summed E-state index contributed by atoms with van der Waals surface area (Å²) in [4.78, 5) is 80.1. The standard InChI is InChI=1S/C22H24N6O6.C22H24N2O10/c29-21(33-27-19-9-3-1-7-17(19)23-25-27)11-5-13-31-15-16-32-14-6-12-22(30)34-28-20-10-4-2-8-18(20)24-26-28;25-21(33-19-9-5-17(6-10-19)23(27)28)3-1-13-31-15-16-32-14-2-4-22(26)34-20-11-7-18(8-12-20)24(29)30/h1-4,7-10H,5-6,11-16H2;5-12H,1-4,13-16H2. The lowest BCUT2D eigenvalue weighted by Gasteiger charge is -2.07. The largest absolute Gasteiger partial charge is 0.427 e. The van der Waals surface area contributed by atoms with Crippen molar-refractivity contribution >= 4 is 57.3 Å². The van der Waals surface area contributed by atoms with Crippen molar-refractivity contribution in [3.05, 3.63) is 117 Å². The van der Waals surface area contributed by atoms with Crippen LogP contribution in [0.5, 0.6) is 11.5 Å². The van der Waals surface area contributed by atoms with Gasteiger partial charge >= 0.3 is 23.9 Å². The number of non-ortho nitro benzene ring substituents is 2. The van der Waals surface area contributed by atoms with Crippen LogP contribution in [0.4, 0.5) is 11.4 Å². The third kappa shape index (κ3) is 18.2. The highest BCUT2D eigenvalue weighted by atomic mass is 16.7. The van der Waals surface area contributed by atoms with Crippen LogP contribution in [0.1, 0.15) is 51.4 Å². The van der Waals surface area contributed by atoms with Crippen molar-refractivity contribution in [2.75, 3.05) is 52.9 Å². The smallest absolute Gasteiger partial charge is 0.335 e. The summed E-state index contributed by atoms with van der Waals surface area (Å²) in [5.74, 6) is -1.28. The number of benzene rings is 4. The summed E-state index contributed by atoms with van der Waals surface area (Å²) in [6.07, 6.45) is 2.56.